The molecule has 30 heteroatoms. The summed E-state index contributed by atoms with van der Waals surface area (Å²) < 4.78 is 31.8. The van der Waals surface area contributed by atoms with Gasteiger partial charge >= 0.3 is 11.9 Å². The molecule has 6 aromatic rings. The molecule has 0 saturated heterocycles. The zero-order valence-corrected chi connectivity index (χ0v) is 68.5. The van der Waals surface area contributed by atoms with Crippen LogP contribution in [0.1, 0.15) is 157 Å². The van der Waals surface area contributed by atoms with Gasteiger partial charge in [0, 0.05) is 115 Å². The van der Waals surface area contributed by atoms with Gasteiger partial charge in [-0.1, -0.05) is 153 Å². The van der Waals surface area contributed by atoms with E-state index < -0.39 is 125 Å². The summed E-state index contributed by atoms with van der Waals surface area (Å²) in [5, 5.41) is 48.6. The lowest BCUT2D eigenvalue weighted by Gasteiger charge is -2.25. The highest BCUT2D eigenvalue weighted by Crippen LogP contribution is 2.25. The number of carbonyl (C=O) groups is 14. The highest BCUT2D eigenvalue weighted by Gasteiger charge is 2.36. The van der Waals surface area contributed by atoms with Crippen LogP contribution in [0.4, 0.5) is 0 Å². The van der Waals surface area contributed by atoms with E-state index in [2.05, 4.69) is 21.3 Å². The average molecular weight is 1680 g/mol. The molecule has 10 N–H and O–H groups in total. The van der Waals surface area contributed by atoms with Crippen LogP contribution in [-0.4, -0.2) is 181 Å². The first-order chi connectivity index (χ1) is 57.7. The summed E-state index contributed by atoms with van der Waals surface area (Å²) in [6, 6.07) is 43.7. The number of phenolic OH excluding ortho intramolecular Hbond substituents is 2. The lowest BCUT2D eigenvalue weighted by Crippen LogP contribution is -2.48. The van der Waals surface area contributed by atoms with Crippen molar-refractivity contribution in [3.63, 3.8) is 0 Å². The largest absolute Gasteiger partial charge is 0.508 e. The number of carbonyl (C=O) groups excluding carboxylic acids is 14. The van der Waals surface area contributed by atoms with Gasteiger partial charge in [0.05, 0.1) is 50.6 Å². The van der Waals surface area contributed by atoms with E-state index in [0.717, 1.165) is 16.7 Å². The summed E-state index contributed by atoms with van der Waals surface area (Å²) >= 11 is 0. The SMILES string of the molecule is C.COCCOCCCC(=O)[C@@H](CCC(=O)NO)NC(=O)[C@H](CCC(=O)NO)CC(=O)[C@@H](Cc1ccccc1)NC(=O)[C@@H](CC(C)=O)Cc1ccc(O)cc1.COCCOCCCC(=O)[C@@H](CCC(=O)OCc1ccccc1)NC(=O)[C@H](CCC(=O)OCc1ccccc1)CC(=O)[C@@H](Cc1ccccc1)NC(=O)[C@@H](CC(C)=O)Cc1ccc(O)cc1. The molecule has 0 aliphatic heterocycles. The first kappa shape index (κ1) is 102. The molecule has 0 aliphatic rings. The Hall–Kier alpha value is -11.5. The molecule has 6 rings (SSSR count). The van der Waals surface area contributed by atoms with E-state index in [0.29, 0.717) is 56.0 Å². The minimum atomic E-state index is -1.21. The second-order valence-electron chi connectivity index (χ2n) is 29.2. The lowest BCUT2D eigenvalue weighted by atomic mass is 9.89. The maximum absolute atomic E-state index is 14.5. The molecule has 0 bridgehead atoms. The van der Waals surface area contributed by atoms with Gasteiger partial charge in [-0.2, -0.15) is 0 Å². The Bertz CT molecular complexity index is 4180. The molecule has 0 unspecified atom stereocenters. The number of hydrogen-bond acceptors (Lipinski definition) is 24. The van der Waals surface area contributed by atoms with Gasteiger partial charge in [-0.3, -0.25) is 67.9 Å². The Kier molecular flexibility index (Phi) is 49.1. The molecule has 0 radical (unpaired) electrons. The van der Waals surface area contributed by atoms with Crippen LogP contribution in [0.25, 0.3) is 0 Å². The number of hydroxylamine groups is 2. The molecule has 0 saturated carbocycles. The molecule has 30 nitrogen and oxygen atoms in total. The third-order valence-electron chi connectivity index (χ3n) is 19.4. The van der Waals surface area contributed by atoms with Gasteiger partial charge in [0.15, 0.2) is 23.1 Å². The van der Waals surface area contributed by atoms with Crippen LogP contribution in [0.15, 0.2) is 170 Å². The Morgan fingerprint density at radius 3 is 0.975 bits per heavy atom. The molecule has 0 fully saturated rings. The highest BCUT2D eigenvalue weighted by atomic mass is 16.5. The molecular weight excluding hydrogens is 1560 g/mol. The van der Waals surface area contributed by atoms with Crippen LogP contribution in [0, 0.1) is 23.7 Å². The minimum absolute atomic E-state index is 0. The van der Waals surface area contributed by atoms with Crippen molar-refractivity contribution < 1.29 is 116 Å². The van der Waals surface area contributed by atoms with Crippen LogP contribution >= 0.6 is 0 Å². The predicted molar refractivity (Wildman–Crippen MR) is 445 cm³/mol. The molecule has 0 aromatic heterocycles. The Labute approximate surface area is 706 Å². The zero-order valence-electron chi connectivity index (χ0n) is 68.5. The monoisotopic (exact) mass is 1680 g/mol. The topological polar surface area (TPSA) is 447 Å². The van der Waals surface area contributed by atoms with Crippen molar-refractivity contribution in [2.24, 2.45) is 23.7 Å². The summed E-state index contributed by atoms with van der Waals surface area (Å²) in [4.78, 5) is 186. The summed E-state index contributed by atoms with van der Waals surface area (Å²) in [5.41, 5.74) is 7.30. The fourth-order valence-electron chi connectivity index (χ4n) is 12.8. The standard InChI is InChI=1S/C52H62N2O12.C38H52N4O12.CH4/c1-37(55)31-43(32-39-20-23-44(56)24-21-39)52(62)54-46(33-38-13-6-3-7-14-38)48(58)34-42(22-26-49(59)65-35-40-15-8-4-9-16-40)51(61)53-45(47(57)19-12-28-64-30-29-63-2)25-27-50(60)66-36-41-17-10-5-11-18-41;1-25(43)21-29(22-27-10-13-30(44)14-11-27)38(50)40-32(23-26-7-4-3-5-8-26)34(46)24-28(12-16-35(47)41-51)37(49)39-31(15-17-36(48)42-52)33(45)9-6-18-54-20-19-53-2;/h3-11,13-18,20-21,23-24,42-43,45-46,56H,12,19,22,25-36H2,1-2H3,(H,53,61)(H,54,62);3-5,7-8,10-11,13-14,28-29,31-32,44,51-52H,6,9,12,15-24H2,1-2H3,(H,39,49)(H,40,50)(H,41,47)(H,42,48);1H4/t42-,43+,45-,46-;28-,29+,31-,32-;/m11./s1. The molecule has 8 atom stereocenters. The van der Waals surface area contributed by atoms with Crippen LogP contribution in [-0.2, 0) is 134 Å². The summed E-state index contributed by atoms with van der Waals surface area (Å²) in [6.45, 7) is 4.65. The summed E-state index contributed by atoms with van der Waals surface area (Å²) in [7, 11) is 3.07. The quantitative estimate of drug-likeness (QED) is 0.00737. The Balaban J connectivity index is 0.000000515. The van der Waals surface area contributed by atoms with Gasteiger partial charge in [0.25, 0.3) is 0 Å². The van der Waals surface area contributed by atoms with Crippen LogP contribution in [0.5, 0.6) is 11.5 Å². The number of rotatable bonds is 58. The zero-order chi connectivity index (χ0) is 87.4. The summed E-state index contributed by atoms with van der Waals surface area (Å²) in [6.07, 6.45) is -1.88. The molecule has 121 heavy (non-hydrogen) atoms. The molecule has 0 heterocycles. The van der Waals surface area contributed by atoms with Crippen molar-refractivity contribution in [1.29, 1.82) is 0 Å². The number of methoxy groups -OCH3 is 2. The normalized spacial score (nSPS) is 12.8. The molecule has 0 spiro atoms. The van der Waals surface area contributed by atoms with Gasteiger partial charge in [0.1, 0.15) is 36.3 Å². The number of ketones is 6. The molecule has 6 amide bonds. The highest BCUT2D eigenvalue weighted by molar-refractivity contribution is 5.98. The van der Waals surface area contributed by atoms with Gasteiger partial charge in [-0.15, -0.1) is 0 Å². The number of aromatic hydroxyl groups is 2. The van der Waals surface area contributed by atoms with Crippen LogP contribution in [0.3, 0.4) is 0 Å². The number of Topliss-reactive ketones (excluding diaryl/α,β-unsaturated/α-hetero) is 6. The van der Waals surface area contributed by atoms with Crippen LogP contribution in [0.2, 0.25) is 0 Å². The number of amides is 6. The van der Waals surface area contributed by atoms with E-state index >= 15 is 0 Å². The number of nitrogens with one attached hydrogen (secondary N) is 6. The van der Waals surface area contributed by atoms with Crippen molar-refractivity contribution in [2.75, 3.05) is 53.9 Å². The van der Waals surface area contributed by atoms with Crippen LogP contribution < -0.4 is 32.2 Å². The second-order valence-corrected chi connectivity index (χ2v) is 29.2. The lowest BCUT2D eigenvalue weighted by molar-refractivity contribution is -0.147. The Morgan fingerprint density at radius 1 is 0.322 bits per heavy atom. The number of hydrogen-bond donors (Lipinski definition) is 10. The van der Waals surface area contributed by atoms with Gasteiger partial charge < -0.3 is 69.5 Å². The van der Waals surface area contributed by atoms with E-state index in [1.807, 2.05) is 54.6 Å². The van der Waals surface area contributed by atoms with Gasteiger partial charge in [-0.25, -0.2) is 11.0 Å². The third kappa shape index (κ3) is 42.3. The van der Waals surface area contributed by atoms with E-state index in [1.54, 1.807) is 98.1 Å². The minimum Gasteiger partial charge on any atom is -0.508 e. The van der Waals surface area contributed by atoms with E-state index in [9.17, 15) is 77.3 Å². The molecular formula is C91H118N6O24. The fourth-order valence-corrected chi connectivity index (χ4v) is 12.8. The Morgan fingerprint density at radius 2 is 0.628 bits per heavy atom. The number of ether oxygens (including phenoxy) is 6. The van der Waals surface area contributed by atoms with Crippen molar-refractivity contribution in [3.05, 3.63) is 203 Å². The molecule has 6 aromatic carbocycles. The fraction of sp³-hybridized carbons (Fsp3) is 0.451. The molecule has 656 valence electrons. The van der Waals surface area contributed by atoms with Gasteiger partial charge in [-0.05, 0) is 136 Å². The van der Waals surface area contributed by atoms with Crippen molar-refractivity contribution in [1.82, 2.24) is 32.2 Å². The van der Waals surface area contributed by atoms with Gasteiger partial charge in [0.2, 0.25) is 35.4 Å². The first-order valence-corrected chi connectivity index (χ1v) is 40.1. The second kappa shape index (κ2) is 58.4. The van der Waals surface area contributed by atoms with Crippen molar-refractivity contribution in [2.45, 2.75) is 187 Å². The van der Waals surface area contributed by atoms with E-state index in [1.165, 1.54) is 56.2 Å². The maximum Gasteiger partial charge on any atom is 0.306 e. The average Bonchev–Trinajstić information content (AvgIpc) is 0.851. The molecule has 0 aliphatic carbocycles. The van der Waals surface area contributed by atoms with E-state index in [4.69, 9.17) is 38.8 Å². The number of benzene rings is 6. The maximum atomic E-state index is 14.5. The third-order valence-corrected chi connectivity index (χ3v) is 19.4. The predicted octanol–water partition coefficient (Wildman–Crippen LogP) is 8.91. The van der Waals surface area contributed by atoms with E-state index in [-0.39, 0.29) is 165 Å². The van der Waals surface area contributed by atoms with Crippen molar-refractivity contribution >= 4 is 82.1 Å². The smallest absolute Gasteiger partial charge is 0.306 e. The number of esters is 2. The number of phenols is 2. The first-order valence-electron chi connectivity index (χ1n) is 40.1. The summed E-state index contributed by atoms with van der Waals surface area (Å²) in [5.74, 6) is -11.8. The van der Waals surface area contributed by atoms with Crippen molar-refractivity contribution in [3.8, 4) is 11.5 Å².